The predicted molar refractivity (Wildman–Crippen MR) is 94.1 cm³/mol. The highest BCUT2D eigenvalue weighted by Gasteiger charge is 2.24. The van der Waals surface area contributed by atoms with Crippen LogP contribution >= 0.6 is 0 Å². The number of allylic oxidation sites excluding steroid dienone is 3. The van der Waals surface area contributed by atoms with Crippen molar-refractivity contribution in [2.45, 2.75) is 57.1 Å². The Morgan fingerprint density at radius 1 is 1.22 bits per heavy atom. The molecule has 2 fully saturated rings. The summed E-state index contributed by atoms with van der Waals surface area (Å²) in [4.78, 5) is 13.2. The van der Waals surface area contributed by atoms with Gasteiger partial charge in [0.2, 0.25) is 6.41 Å². The van der Waals surface area contributed by atoms with E-state index < -0.39 is 6.10 Å². The van der Waals surface area contributed by atoms with E-state index in [1.807, 2.05) is 6.08 Å². The van der Waals surface area contributed by atoms with Crippen LogP contribution in [-0.4, -0.2) is 48.2 Å². The topological polar surface area (TPSA) is 52.6 Å². The van der Waals surface area contributed by atoms with Crippen molar-refractivity contribution in [3.8, 4) is 0 Å². The van der Waals surface area contributed by atoms with E-state index >= 15 is 0 Å². The number of hydrogen-bond acceptors (Lipinski definition) is 3. The summed E-state index contributed by atoms with van der Waals surface area (Å²) >= 11 is 0. The molecule has 0 spiro atoms. The zero-order valence-electron chi connectivity index (χ0n) is 14.0. The van der Waals surface area contributed by atoms with Crippen LogP contribution in [0.2, 0.25) is 0 Å². The second-order valence-electron chi connectivity index (χ2n) is 6.60. The summed E-state index contributed by atoms with van der Waals surface area (Å²) in [7, 11) is 0. The molecule has 1 saturated carbocycles. The zero-order valence-corrected chi connectivity index (χ0v) is 14.0. The molecule has 1 unspecified atom stereocenters. The summed E-state index contributed by atoms with van der Waals surface area (Å²) in [5.74, 6) is 0. The lowest BCUT2D eigenvalue weighted by Crippen LogP contribution is -2.47. The minimum Gasteiger partial charge on any atom is -0.386 e. The lowest BCUT2D eigenvalue weighted by molar-refractivity contribution is -0.110. The molecule has 128 valence electrons. The molecule has 1 saturated heterocycles. The molecule has 23 heavy (non-hydrogen) atoms. The summed E-state index contributed by atoms with van der Waals surface area (Å²) in [5, 5.41) is 13.5. The minimum atomic E-state index is -0.723. The molecule has 2 aliphatic rings. The molecule has 4 heteroatoms. The van der Waals surface area contributed by atoms with Crippen molar-refractivity contribution in [1.29, 1.82) is 0 Å². The first-order chi connectivity index (χ1) is 11.2. The molecule has 4 nitrogen and oxygen atoms in total. The largest absolute Gasteiger partial charge is 0.386 e. The third kappa shape index (κ3) is 5.63. The lowest BCUT2D eigenvalue weighted by Gasteiger charge is -2.27. The van der Waals surface area contributed by atoms with E-state index in [0.717, 1.165) is 31.5 Å². The smallest absolute Gasteiger partial charge is 0.207 e. The van der Waals surface area contributed by atoms with Crippen molar-refractivity contribution in [3.05, 3.63) is 36.0 Å². The van der Waals surface area contributed by atoms with Gasteiger partial charge in [-0.1, -0.05) is 36.8 Å². The van der Waals surface area contributed by atoms with Gasteiger partial charge in [0.1, 0.15) is 6.10 Å². The first kappa shape index (κ1) is 18.0. The Labute approximate surface area is 139 Å². The van der Waals surface area contributed by atoms with Gasteiger partial charge in [-0.15, -0.1) is 0 Å². The summed E-state index contributed by atoms with van der Waals surface area (Å²) in [6, 6.07) is -0.292. The highest BCUT2D eigenvalue weighted by atomic mass is 16.3. The number of amides is 1. The summed E-state index contributed by atoms with van der Waals surface area (Å²) < 4.78 is 0. The Kier molecular flexibility index (Phi) is 7.56. The number of carbonyl (C=O) groups excluding carboxylic acids is 1. The van der Waals surface area contributed by atoms with E-state index in [1.165, 1.54) is 37.7 Å². The van der Waals surface area contributed by atoms with Crippen LogP contribution in [0.25, 0.3) is 0 Å². The molecule has 1 aliphatic carbocycles. The third-order valence-electron chi connectivity index (χ3n) is 4.90. The number of aliphatic hydroxyl groups is 1. The van der Waals surface area contributed by atoms with Crippen LogP contribution in [0.5, 0.6) is 0 Å². The molecule has 1 amide bonds. The Morgan fingerprint density at radius 3 is 2.52 bits per heavy atom. The molecule has 0 aromatic rings. The number of likely N-dealkylation sites (tertiary alicyclic amines) is 1. The van der Waals surface area contributed by atoms with Crippen LogP contribution in [-0.2, 0) is 4.79 Å². The van der Waals surface area contributed by atoms with Crippen molar-refractivity contribution < 1.29 is 9.90 Å². The monoisotopic (exact) mass is 318 g/mol. The second-order valence-corrected chi connectivity index (χ2v) is 6.60. The van der Waals surface area contributed by atoms with Crippen molar-refractivity contribution in [2.24, 2.45) is 0 Å². The van der Waals surface area contributed by atoms with E-state index in [9.17, 15) is 9.90 Å². The maximum absolute atomic E-state index is 10.9. The van der Waals surface area contributed by atoms with Crippen molar-refractivity contribution >= 4 is 6.41 Å². The fraction of sp³-hybridized carbons (Fsp3) is 0.632. The Hall–Kier alpha value is -1.39. The molecule has 2 atom stereocenters. The Balaban J connectivity index is 2.02. The van der Waals surface area contributed by atoms with Crippen LogP contribution in [0.3, 0.4) is 0 Å². The molecule has 0 bridgehead atoms. The molecular formula is C19H30N2O2. The van der Waals surface area contributed by atoms with E-state index in [2.05, 4.69) is 22.9 Å². The quantitative estimate of drug-likeness (QED) is 0.534. The predicted octanol–water partition coefficient (Wildman–Crippen LogP) is 2.56. The average Bonchev–Trinajstić information content (AvgIpc) is 3.09. The fourth-order valence-electron chi connectivity index (χ4n) is 3.48. The van der Waals surface area contributed by atoms with Gasteiger partial charge in [0.25, 0.3) is 0 Å². The highest BCUT2D eigenvalue weighted by Crippen LogP contribution is 2.23. The summed E-state index contributed by atoms with van der Waals surface area (Å²) in [5.41, 5.74) is 2.23. The van der Waals surface area contributed by atoms with Crippen LogP contribution in [0, 0.1) is 0 Å². The first-order valence-electron chi connectivity index (χ1n) is 8.86. The van der Waals surface area contributed by atoms with Gasteiger partial charge >= 0.3 is 0 Å². The van der Waals surface area contributed by atoms with Crippen LogP contribution in [0.1, 0.15) is 44.9 Å². The minimum absolute atomic E-state index is 0.292. The summed E-state index contributed by atoms with van der Waals surface area (Å²) in [6.07, 6.45) is 14.3. The maximum atomic E-state index is 10.9. The third-order valence-corrected chi connectivity index (χ3v) is 4.90. The molecule has 1 heterocycles. The number of nitrogens with one attached hydrogen (secondary N) is 1. The lowest BCUT2D eigenvalue weighted by atomic mass is 9.93. The van der Waals surface area contributed by atoms with Gasteiger partial charge < -0.3 is 15.3 Å². The number of nitrogens with zero attached hydrogens (tertiary/aromatic N) is 1. The van der Waals surface area contributed by atoms with E-state index in [4.69, 9.17) is 0 Å². The summed E-state index contributed by atoms with van der Waals surface area (Å²) in [6.45, 7) is 6.60. The first-order valence-corrected chi connectivity index (χ1v) is 8.86. The zero-order chi connectivity index (χ0) is 16.5. The number of aliphatic hydroxyl groups excluding tert-OH is 1. The molecule has 0 aromatic carbocycles. The van der Waals surface area contributed by atoms with E-state index in [-0.39, 0.29) is 6.04 Å². The highest BCUT2D eigenvalue weighted by molar-refractivity contribution is 5.47. The van der Waals surface area contributed by atoms with Crippen molar-refractivity contribution in [2.75, 3.05) is 19.6 Å². The molecule has 1 aliphatic heterocycles. The second kappa shape index (κ2) is 9.68. The molecule has 2 rings (SSSR count). The average molecular weight is 318 g/mol. The fourth-order valence-corrected chi connectivity index (χ4v) is 3.48. The van der Waals surface area contributed by atoms with Gasteiger partial charge in [0.05, 0.1) is 6.04 Å². The van der Waals surface area contributed by atoms with Crippen molar-refractivity contribution in [1.82, 2.24) is 10.2 Å². The van der Waals surface area contributed by atoms with Gasteiger partial charge in [-0.2, -0.15) is 0 Å². The number of carbonyl (C=O) groups is 1. The van der Waals surface area contributed by atoms with Crippen LogP contribution < -0.4 is 5.32 Å². The molecular weight excluding hydrogens is 288 g/mol. The molecule has 2 N–H and O–H groups in total. The molecule has 0 radical (unpaired) electrons. The van der Waals surface area contributed by atoms with Gasteiger partial charge in [-0.25, -0.2) is 0 Å². The van der Waals surface area contributed by atoms with Gasteiger partial charge in [0.15, 0.2) is 0 Å². The van der Waals surface area contributed by atoms with Crippen LogP contribution in [0.4, 0.5) is 0 Å². The standard InChI is InChI=1S/C19H30N2O2/c1-2-17(11-10-16-8-4-3-5-9-16)19(23)18(20-15-22)14-21-12-6-7-13-21/h2,10-11,15,18-19,23H,1,3-9,12-14H2,(H,20,22)/b17-11+/t18-,19?/m1/s1. The normalized spacial score (nSPS) is 22.5. The van der Waals surface area contributed by atoms with E-state index in [0.29, 0.717) is 13.0 Å². The maximum Gasteiger partial charge on any atom is 0.207 e. The molecule has 0 aromatic heterocycles. The van der Waals surface area contributed by atoms with Gasteiger partial charge in [-0.05, 0) is 57.2 Å². The Morgan fingerprint density at radius 2 is 1.91 bits per heavy atom. The van der Waals surface area contributed by atoms with E-state index in [1.54, 1.807) is 6.08 Å². The Bertz CT molecular complexity index is 442. The number of hydrogen-bond donors (Lipinski definition) is 2. The number of rotatable bonds is 8. The van der Waals surface area contributed by atoms with Crippen molar-refractivity contribution in [3.63, 3.8) is 0 Å². The SMILES string of the molecule is C=C/C(=C\C=C1CCCCC1)C(O)[C@@H](CN1CCCC1)NC=O. The van der Waals surface area contributed by atoms with Crippen LogP contribution in [0.15, 0.2) is 36.0 Å². The van der Waals surface area contributed by atoms with Gasteiger partial charge in [-0.3, -0.25) is 4.79 Å². The van der Waals surface area contributed by atoms with Gasteiger partial charge in [0, 0.05) is 6.54 Å².